The fraction of sp³-hybridized carbons (Fsp3) is 0.318. The van der Waals surface area contributed by atoms with Crippen molar-refractivity contribution in [3.8, 4) is 5.69 Å². The average molecular weight is 442 g/mol. The number of aryl methyl sites for hydroxylation is 1. The van der Waals surface area contributed by atoms with Crippen molar-refractivity contribution < 1.29 is 22.7 Å². The van der Waals surface area contributed by atoms with Crippen molar-refractivity contribution in [1.82, 2.24) is 14.5 Å². The number of rotatable bonds is 5. The van der Waals surface area contributed by atoms with E-state index in [-0.39, 0.29) is 17.5 Å². The van der Waals surface area contributed by atoms with E-state index < -0.39 is 28.3 Å². The first-order valence-electron chi connectivity index (χ1n) is 9.93. The number of nitrogens with zero attached hydrogens (tertiary/aromatic N) is 3. The lowest BCUT2D eigenvalue weighted by atomic mass is 10.2. The van der Waals surface area contributed by atoms with Crippen LogP contribution in [-0.4, -0.2) is 65.9 Å². The summed E-state index contributed by atoms with van der Waals surface area (Å²) in [6.07, 6.45) is 0.401. The van der Waals surface area contributed by atoms with Crippen LogP contribution in [0, 0.1) is 6.92 Å². The van der Waals surface area contributed by atoms with Crippen LogP contribution in [0.3, 0.4) is 0 Å². The lowest BCUT2D eigenvalue weighted by Crippen LogP contribution is -2.40. The molecule has 0 aliphatic carbocycles. The minimum atomic E-state index is -3.10. The Morgan fingerprint density at radius 2 is 1.94 bits per heavy atom. The molecule has 1 aromatic heterocycles. The zero-order valence-corrected chi connectivity index (χ0v) is 18.1. The summed E-state index contributed by atoms with van der Waals surface area (Å²) in [5, 5.41) is 0. The number of hydrogen-bond acceptors (Lipinski definition) is 6. The number of fused-ring (bicyclic) bond motifs is 1. The van der Waals surface area contributed by atoms with E-state index in [1.807, 2.05) is 41.8 Å². The van der Waals surface area contributed by atoms with Crippen LogP contribution in [0.2, 0.25) is 0 Å². The maximum atomic E-state index is 12.5. The van der Waals surface area contributed by atoms with Gasteiger partial charge in [-0.1, -0.05) is 18.2 Å². The fourth-order valence-electron chi connectivity index (χ4n) is 3.83. The predicted molar refractivity (Wildman–Crippen MR) is 116 cm³/mol. The van der Waals surface area contributed by atoms with Gasteiger partial charge in [-0.25, -0.2) is 18.2 Å². The first-order valence-corrected chi connectivity index (χ1v) is 11.7. The van der Waals surface area contributed by atoms with E-state index in [0.717, 1.165) is 17.0 Å². The standard InChI is InChI=1S/C22H23N3O5S/c1-15-23-19-12-16(8-9-20(19)25(15)17-6-4-3-5-7-17)22(27)30-13-21(26)24(2)18-10-11-31(28,29)14-18/h3-9,12,18H,10-11,13-14H2,1-2H3. The number of hydrogen-bond donors (Lipinski definition) is 0. The summed E-state index contributed by atoms with van der Waals surface area (Å²) in [5.41, 5.74) is 2.78. The van der Waals surface area contributed by atoms with Crippen LogP contribution in [0.1, 0.15) is 22.6 Å². The Morgan fingerprint density at radius 3 is 2.61 bits per heavy atom. The molecule has 162 valence electrons. The molecule has 0 radical (unpaired) electrons. The molecule has 4 rings (SSSR count). The molecule has 1 unspecified atom stereocenters. The van der Waals surface area contributed by atoms with Gasteiger partial charge in [-0.15, -0.1) is 0 Å². The molecule has 3 aromatic rings. The van der Waals surface area contributed by atoms with Gasteiger partial charge in [-0.2, -0.15) is 0 Å². The van der Waals surface area contributed by atoms with E-state index in [1.54, 1.807) is 18.2 Å². The Balaban J connectivity index is 1.45. The molecular formula is C22H23N3O5S. The highest BCUT2D eigenvalue weighted by atomic mass is 32.2. The first-order chi connectivity index (χ1) is 14.7. The predicted octanol–water partition coefficient (Wildman–Crippen LogP) is 2.14. The summed E-state index contributed by atoms with van der Waals surface area (Å²) < 4.78 is 30.4. The highest BCUT2D eigenvalue weighted by Crippen LogP contribution is 2.23. The van der Waals surface area contributed by atoms with E-state index in [9.17, 15) is 18.0 Å². The topological polar surface area (TPSA) is 98.6 Å². The van der Waals surface area contributed by atoms with Crippen LogP contribution < -0.4 is 0 Å². The molecule has 2 aromatic carbocycles. The first kappa shape index (κ1) is 21.0. The Bertz CT molecular complexity index is 1250. The third kappa shape index (κ3) is 4.32. The molecule has 1 atom stereocenters. The fourth-order valence-corrected chi connectivity index (χ4v) is 5.60. The minimum Gasteiger partial charge on any atom is -0.452 e. The summed E-state index contributed by atoms with van der Waals surface area (Å²) in [4.78, 5) is 30.7. The number of sulfone groups is 1. The Morgan fingerprint density at radius 1 is 1.19 bits per heavy atom. The molecule has 0 spiro atoms. The zero-order chi connectivity index (χ0) is 22.2. The molecule has 0 saturated carbocycles. The normalized spacial score (nSPS) is 17.5. The molecule has 1 aliphatic rings. The Labute approximate surface area is 180 Å². The molecule has 2 heterocycles. The number of carbonyl (C=O) groups excluding carboxylic acids is 2. The molecular weight excluding hydrogens is 418 g/mol. The number of amides is 1. The summed E-state index contributed by atoms with van der Waals surface area (Å²) >= 11 is 0. The second kappa shape index (κ2) is 8.14. The second-order valence-electron chi connectivity index (χ2n) is 7.67. The number of ether oxygens (including phenoxy) is 1. The largest absolute Gasteiger partial charge is 0.452 e. The van der Waals surface area contributed by atoms with Gasteiger partial charge in [0, 0.05) is 18.8 Å². The number of esters is 1. The van der Waals surface area contributed by atoms with Crippen LogP contribution in [0.15, 0.2) is 48.5 Å². The summed E-state index contributed by atoms with van der Waals surface area (Å²) in [6, 6.07) is 14.5. The van der Waals surface area contributed by atoms with E-state index in [4.69, 9.17) is 4.74 Å². The highest BCUT2D eigenvalue weighted by Gasteiger charge is 2.33. The molecule has 1 amide bonds. The van der Waals surface area contributed by atoms with E-state index in [0.29, 0.717) is 17.5 Å². The van der Waals surface area contributed by atoms with Crippen molar-refractivity contribution in [3.63, 3.8) is 0 Å². The van der Waals surface area contributed by atoms with Gasteiger partial charge in [0.2, 0.25) is 0 Å². The molecule has 1 saturated heterocycles. The molecule has 9 heteroatoms. The average Bonchev–Trinajstić information content (AvgIpc) is 3.29. The number of aromatic nitrogens is 2. The van der Waals surface area contributed by atoms with Gasteiger partial charge in [-0.3, -0.25) is 9.36 Å². The van der Waals surface area contributed by atoms with Crippen molar-refractivity contribution in [2.24, 2.45) is 0 Å². The van der Waals surface area contributed by atoms with Crippen LogP contribution in [0.4, 0.5) is 0 Å². The summed E-state index contributed by atoms with van der Waals surface area (Å²) in [7, 11) is -1.57. The highest BCUT2D eigenvalue weighted by molar-refractivity contribution is 7.91. The van der Waals surface area contributed by atoms with Crippen LogP contribution >= 0.6 is 0 Å². The van der Waals surface area contributed by atoms with Crippen molar-refractivity contribution in [2.45, 2.75) is 19.4 Å². The van der Waals surface area contributed by atoms with Gasteiger partial charge in [0.25, 0.3) is 5.91 Å². The molecule has 1 fully saturated rings. The van der Waals surface area contributed by atoms with Gasteiger partial charge < -0.3 is 9.64 Å². The summed E-state index contributed by atoms with van der Waals surface area (Å²) in [5.74, 6) is -0.252. The maximum Gasteiger partial charge on any atom is 0.338 e. The van der Waals surface area contributed by atoms with Gasteiger partial charge in [0.05, 0.1) is 28.1 Å². The smallest absolute Gasteiger partial charge is 0.338 e. The van der Waals surface area contributed by atoms with E-state index in [2.05, 4.69) is 4.98 Å². The minimum absolute atomic E-state index is 0.0523. The van der Waals surface area contributed by atoms with E-state index in [1.165, 1.54) is 11.9 Å². The second-order valence-corrected chi connectivity index (χ2v) is 9.90. The van der Waals surface area contributed by atoms with Crippen molar-refractivity contribution >= 4 is 32.7 Å². The van der Waals surface area contributed by atoms with Crippen LogP contribution in [0.5, 0.6) is 0 Å². The van der Waals surface area contributed by atoms with Crippen molar-refractivity contribution in [3.05, 3.63) is 59.9 Å². The number of imidazole rings is 1. The van der Waals surface area contributed by atoms with Crippen molar-refractivity contribution in [2.75, 3.05) is 25.2 Å². The molecule has 31 heavy (non-hydrogen) atoms. The zero-order valence-electron chi connectivity index (χ0n) is 17.3. The molecule has 0 N–H and O–H groups in total. The van der Waals surface area contributed by atoms with Gasteiger partial charge in [-0.05, 0) is 43.7 Å². The lowest BCUT2D eigenvalue weighted by molar-refractivity contribution is -0.134. The number of likely N-dealkylation sites (N-methyl/N-ethyl adjacent to an activating group) is 1. The van der Waals surface area contributed by atoms with Crippen LogP contribution in [-0.2, 0) is 19.4 Å². The third-order valence-corrected chi connectivity index (χ3v) is 7.30. The monoisotopic (exact) mass is 441 g/mol. The van der Waals surface area contributed by atoms with E-state index >= 15 is 0 Å². The Kier molecular flexibility index (Phi) is 5.53. The maximum absolute atomic E-state index is 12.5. The molecule has 8 nitrogen and oxygen atoms in total. The van der Waals surface area contributed by atoms with Crippen molar-refractivity contribution in [1.29, 1.82) is 0 Å². The van der Waals surface area contributed by atoms with Crippen LogP contribution in [0.25, 0.3) is 16.7 Å². The number of carbonyl (C=O) groups is 2. The number of benzene rings is 2. The van der Waals surface area contributed by atoms with Gasteiger partial charge in [0.1, 0.15) is 5.82 Å². The Hall–Kier alpha value is -3.20. The molecule has 0 bridgehead atoms. The summed E-state index contributed by atoms with van der Waals surface area (Å²) in [6.45, 7) is 1.45. The third-order valence-electron chi connectivity index (χ3n) is 5.55. The van der Waals surface area contributed by atoms with Gasteiger partial charge in [0.15, 0.2) is 16.4 Å². The SMILES string of the molecule is Cc1nc2cc(C(=O)OCC(=O)N(C)C3CCS(=O)(=O)C3)ccc2n1-c1ccccc1. The lowest BCUT2D eigenvalue weighted by Gasteiger charge is -2.23. The number of para-hydroxylation sites is 1. The quantitative estimate of drug-likeness (QED) is 0.563. The van der Waals surface area contributed by atoms with Gasteiger partial charge >= 0.3 is 5.97 Å². The molecule has 1 aliphatic heterocycles.